The van der Waals surface area contributed by atoms with E-state index in [2.05, 4.69) is 0 Å². The van der Waals surface area contributed by atoms with Crippen molar-refractivity contribution in [2.75, 3.05) is 20.6 Å². The maximum absolute atomic E-state index is 8.38. The summed E-state index contributed by atoms with van der Waals surface area (Å²) in [4.78, 5) is 1.80. The Morgan fingerprint density at radius 2 is 1.82 bits per heavy atom. The first-order valence-electron chi connectivity index (χ1n) is 3.05. The summed E-state index contributed by atoms with van der Waals surface area (Å²) in [6, 6.07) is 3.45. The molecule has 0 atom stereocenters. The second kappa shape index (κ2) is 4.32. The van der Waals surface area contributed by atoms with Crippen LogP contribution in [0.4, 0.5) is 0 Å². The summed E-state index contributed by atoms with van der Waals surface area (Å²) in [5, 5.41) is 16.8. The molecule has 0 fully saturated rings. The Bertz CT molecular complexity index is 222. The Morgan fingerprint density at radius 1 is 1.36 bits per heavy atom. The van der Waals surface area contributed by atoms with E-state index in [0.717, 1.165) is 0 Å². The van der Waals surface area contributed by atoms with E-state index in [-0.39, 0.29) is 5.57 Å². The number of nitrogens with two attached hydrogens (primary N) is 1. The van der Waals surface area contributed by atoms with Gasteiger partial charge in [0.2, 0.25) is 0 Å². The van der Waals surface area contributed by atoms with E-state index >= 15 is 0 Å². The molecule has 11 heavy (non-hydrogen) atoms. The van der Waals surface area contributed by atoms with Crippen LogP contribution < -0.4 is 5.73 Å². The summed E-state index contributed by atoms with van der Waals surface area (Å²) in [5.41, 5.74) is 5.75. The Balaban J connectivity index is 4.43. The van der Waals surface area contributed by atoms with E-state index in [1.54, 1.807) is 17.0 Å². The van der Waals surface area contributed by atoms with Gasteiger partial charge in [-0.3, -0.25) is 0 Å². The van der Waals surface area contributed by atoms with Crippen LogP contribution in [0, 0.1) is 22.7 Å². The predicted octanol–water partition coefficient (Wildman–Crippen LogP) is -0.192. The van der Waals surface area contributed by atoms with Gasteiger partial charge in [0, 0.05) is 6.54 Å². The Hall–Kier alpha value is -1.52. The summed E-state index contributed by atoms with van der Waals surface area (Å²) in [7, 11) is 3.64. The van der Waals surface area contributed by atoms with E-state index in [1.807, 2.05) is 14.1 Å². The molecule has 2 N–H and O–H groups in total. The Labute approximate surface area is 66.1 Å². The molecule has 0 bridgehead atoms. The van der Waals surface area contributed by atoms with Crippen LogP contribution in [0.15, 0.2) is 11.3 Å². The zero-order chi connectivity index (χ0) is 8.85. The lowest BCUT2D eigenvalue weighted by Crippen LogP contribution is -2.20. The van der Waals surface area contributed by atoms with Crippen LogP contribution in [0.5, 0.6) is 0 Å². The molecule has 0 spiro atoms. The van der Waals surface area contributed by atoms with Crippen molar-refractivity contribution in [3.63, 3.8) is 0 Å². The zero-order valence-corrected chi connectivity index (χ0v) is 6.63. The predicted molar refractivity (Wildman–Crippen MR) is 41.0 cm³/mol. The fourth-order valence-electron chi connectivity index (χ4n) is 0.588. The van der Waals surface area contributed by atoms with Gasteiger partial charge in [0.05, 0.1) is 5.70 Å². The van der Waals surface area contributed by atoms with Crippen molar-refractivity contribution in [1.82, 2.24) is 4.90 Å². The third kappa shape index (κ3) is 3.24. The third-order valence-electron chi connectivity index (χ3n) is 1.03. The second-order valence-electron chi connectivity index (χ2n) is 2.36. The van der Waals surface area contributed by atoms with Gasteiger partial charge in [0.15, 0.2) is 0 Å². The van der Waals surface area contributed by atoms with Gasteiger partial charge >= 0.3 is 0 Å². The van der Waals surface area contributed by atoms with E-state index < -0.39 is 0 Å². The lowest BCUT2D eigenvalue weighted by Gasteiger charge is -2.08. The molecule has 0 aliphatic heterocycles. The topological polar surface area (TPSA) is 76.8 Å². The van der Waals surface area contributed by atoms with E-state index in [0.29, 0.717) is 12.2 Å². The molecule has 0 heterocycles. The van der Waals surface area contributed by atoms with Gasteiger partial charge in [-0.2, -0.15) is 10.5 Å². The molecular formula is C7H10N4. The third-order valence-corrected chi connectivity index (χ3v) is 1.03. The number of rotatable bonds is 2. The van der Waals surface area contributed by atoms with Crippen molar-refractivity contribution < 1.29 is 0 Å². The van der Waals surface area contributed by atoms with Crippen LogP contribution in [0.2, 0.25) is 0 Å². The van der Waals surface area contributed by atoms with Crippen LogP contribution >= 0.6 is 0 Å². The van der Waals surface area contributed by atoms with E-state index in [1.165, 1.54) is 0 Å². The molecule has 0 aliphatic rings. The molecule has 58 valence electrons. The first kappa shape index (κ1) is 9.48. The van der Waals surface area contributed by atoms with Gasteiger partial charge in [-0.1, -0.05) is 0 Å². The highest BCUT2D eigenvalue weighted by Gasteiger charge is 2.01. The molecule has 4 heteroatoms. The number of hydrogen-bond acceptors (Lipinski definition) is 4. The van der Waals surface area contributed by atoms with Gasteiger partial charge in [-0.25, -0.2) is 0 Å². The molecule has 0 rings (SSSR count). The largest absolute Gasteiger partial charge is 0.399 e. The van der Waals surface area contributed by atoms with Crippen molar-refractivity contribution in [1.29, 1.82) is 10.5 Å². The van der Waals surface area contributed by atoms with Gasteiger partial charge in [-0.05, 0) is 14.1 Å². The summed E-state index contributed by atoms with van der Waals surface area (Å²) in [6.45, 7) is 0.441. The minimum atomic E-state index is -0.00120. The average Bonchev–Trinajstić information content (AvgIpc) is 1.88. The van der Waals surface area contributed by atoms with Crippen molar-refractivity contribution in [3.05, 3.63) is 11.3 Å². The fourth-order valence-corrected chi connectivity index (χ4v) is 0.588. The van der Waals surface area contributed by atoms with Gasteiger partial charge < -0.3 is 10.6 Å². The highest BCUT2D eigenvalue weighted by Crippen LogP contribution is 1.96. The van der Waals surface area contributed by atoms with Gasteiger partial charge in [-0.15, -0.1) is 0 Å². The summed E-state index contributed by atoms with van der Waals surface area (Å²) < 4.78 is 0. The number of nitrogens with zero attached hydrogens (tertiary/aromatic N) is 3. The molecule has 0 aliphatic carbocycles. The Morgan fingerprint density at radius 3 is 2.09 bits per heavy atom. The standard InChI is InChI=1S/C7H10N4/c1-11(2)5-7(10)6(3-8)4-9/h5,10H2,1-2H3. The highest BCUT2D eigenvalue weighted by molar-refractivity contribution is 5.39. The van der Waals surface area contributed by atoms with Crippen LogP contribution in [-0.4, -0.2) is 25.5 Å². The molecule has 4 nitrogen and oxygen atoms in total. The van der Waals surface area contributed by atoms with Gasteiger partial charge in [0.25, 0.3) is 0 Å². The molecule has 0 radical (unpaired) electrons. The lowest BCUT2D eigenvalue weighted by atomic mass is 10.2. The number of likely N-dealkylation sites (N-methyl/N-ethyl adjacent to an activating group) is 1. The van der Waals surface area contributed by atoms with Crippen LogP contribution in [0.1, 0.15) is 0 Å². The lowest BCUT2D eigenvalue weighted by molar-refractivity contribution is 0.443. The first-order valence-corrected chi connectivity index (χ1v) is 3.05. The minimum absolute atomic E-state index is 0.00120. The smallest absolute Gasteiger partial charge is 0.149 e. The molecule has 0 aromatic heterocycles. The van der Waals surface area contributed by atoms with E-state index in [4.69, 9.17) is 16.3 Å². The van der Waals surface area contributed by atoms with Crippen LogP contribution in [-0.2, 0) is 0 Å². The van der Waals surface area contributed by atoms with Crippen LogP contribution in [0.25, 0.3) is 0 Å². The van der Waals surface area contributed by atoms with Crippen LogP contribution in [0.3, 0.4) is 0 Å². The maximum atomic E-state index is 8.38. The SMILES string of the molecule is CN(C)CC(N)=C(C#N)C#N. The van der Waals surface area contributed by atoms with E-state index in [9.17, 15) is 0 Å². The Kier molecular flexibility index (Phi) is 3.72. The number of hydrogen-bond donors (Lipinski definition) is 1. The normalized spacial score (nSPS) is 8.45. The maximum Gasteiger partial charge on any atom is 0.149 e. The summed E-state index contributed by atoms with van der Waals surface area (Å²) in [6.07, 6.45) is 0. The second-order valence-corrected chi connectivity index (χ2v) is 2.36. The minimum Gasteiger partial charge on any atom is -0.399 e. The molecule has 0 aromatic rings. The first-order chi connectivity index (χ1) is 5.11. The summed E-state index contributed by atoms with van der Waals surface area (Å²) >= 11 is 0. The average molecular weight is 150 g/mol. The quantitative estimate of drug-likeness (QED) is 0.553. The summed E-state index contributed by atoms with van der Waals surface area (Å²) in [5.74, 6) is 0. The molecule has 0 unspecified atom stereocenters. The van der Waals surface area contributed by atoms with Crippen molar-refractivity contribution in [3.8, 4) is 12.1 Å². The van der Waals surface area contributed by atoms with Crippen molar-refractivity contribution in [2.24, 2.45) is 5.73 Å². The zero-order valence-electron chi connectivity index (χ0n) is 6.63. The molecule has 0 aromatic carbocycles. The molecular weight excluding hydrogens is 140 g/mol. The number of allylic oxidation sites excluding steroid dienone is 1. The molecule has 0 saturated heterocycles. The molecule has 0 saturated carbocycles. The molecule has 0 amide bonds. The van der Waals surface area contributed by atoms with Crippen molar-refractivity contribution in [2.45, 2.75) is 0 Å². The van der Waals surface area contributed by atoms with Crippen molar-refractivity contribution >= 4 is 0 Å². The highest BCUT2D eigenvalue weighted by atomic mass is 15.1. The number of nitriles is 2. The fraction of sp³-hybridized carbons (Fsp3) is 0.429. The monoisotopic (exact) mass is 150 g/mol. The van der Waals surface area contributed by atoms with Gasteiger partial charge in [0.1, 0.15) is 17.7 Å².